The lowest BCUT2D eigenvalue weighted by molar-refractivity contribution is 0.0979. The second kappa shape index (κ2) is 7.93. The molecule has 1 atom stereocenters. The molecule has 162 valence electrons. The van der Waals surface area contributed by atoms with Gasteiger partial charge in [0.25, 0.3) is 5.91 Å². The molecule has 7 heteroatoms. The van der Waals surface area contributed by atoms with Crippen LogP contribution in [-0.2, 0) is 11.3 Å². The zero-order valence-electron chi connectivity index (χ0n) is 18.0. The number of anilines is 2. The molecule has 2 aromatic carbocycles. The van der Waals surface area contributed by atoms with Crippen molar-refractivity contribution in [2.45, 2.75) is 26.6 Å². The molecule has 0 spiro atoms. The summed E-state index contributed by atoms with van der Waals surface area (Å²) in [7, 11) is 1.66. The zero-order valence-corrected chi connectivity index (χ0v) is 18.9. The third-order valence-electron chi connectivity index (χ3n) is 5.64. The van der Waals surface area contributed by atoms with Crippen molar-refractivity contribution in [1.82, 2.24) is 4.98 Å². The van der Waals surface area contributed by atoms with Crippen molar-refractivity contribution in [3.8, 4) is 5.75 Å². The van der Waals surface area contributed by atoms with E-state index in [0.29, 0.717) is 11.5 Å². The molecule has 1 aliphatic heterocycles. The third-order valence-corrected chi connectivity index (χ3v) is 6.72. The summed E-state index contributed by atoms with van der Waals surface area (Å²) in [6.45, 7) is 4.40. The van der Waals surface area contributed by atoms with Crippen LogP contribution in [0.1, 0.15) is 38.2 Å². The summed E-state index contributed by atoms with van der Waals surface area (Å²) < 4.78 is 5.43. The first kappa shape index (κ1) is 20.5. The number of pyridine rings is 1. The summed E-state index contributed by atoms with van der Waals surface area (Å²) in [4.78, 5) is 21.8. The van der Waals surface area contributed by atoms with Crippen LogP contribution in [0.3, 0.4) is 0 Å². The summed E-state index contributed by atoms with van der Waals surface area (Å²) in [6, 6.07) is 16.9. The number of aryl methyl sites for hydroxylation is 2. The van der Waals surface area contributed by atoms with Gasteiger partial charge < -0.3 is 15.2 Å². The van der Waals surface area contributed by atoms with Gasteiger partial charge in [0.1, 0.15) is 21.6 Å². The number of hydrogen-bond acceptors (Lipinski definition) is 6. The van der Waals surface area contributed by atoms with Gasteiger partial charge in [-0.1, -0.05) is 29.8 Å². The smallest absolute Gasteiger partial charge is 0.272 e. The fourth-order valence-electron chi connectivity index (χ4n) is 4.16. The number of thiophene rings is 1. The molecular weight excluding hydrogens is 422 g/mol. The fourth-order valence-corrected chi connectivity index (χ4v) is 5.33. The van der Waals surface area contributed by atoms with E-state index >= 15 is 0 Å². The van der Waals surface area contributed by atoms with Crippen LogP contribution in [-0.4, -0.2) is 23.1 Å². The Labute approximate surface area is 190 Å². The maximum atomic E-state index is 13.9. The number of benzene rings is 2. The number of nitrogens with zero attached hydrogens (tertiary/aromatic N) is 2. The summed E-state index contributed by atoms with van der Waals surface area (Å²) in [5.41, 5.74) is 5.47. The summed E-state index contributed by atoms with van der Waals surface area (Å²) >= 11 is 1.40. The number of aromatic nitrogens is 1. The van der Waals surface area contributed by atoms with Crippen LogP contribution in [0.5, 0.6) is 5.75 Å². The highest BCUT2D eigenvalue weighted by molar-refractivity contribution is 7.21. The van der Waals surface area contributed by atoms with Gasteiger partial charge in [0.05, 0.1) is 12.3 Å². The molecule has 5 rings (SSSR count). The number of carbonyl (C=O) groups is 1. The molecule has 3 heterocycles. The van der Waals surface area contributed by atoms with Gasteiger partial charge >= 0.3 is 0 Å². The Hall–Kier alpha value is -3.42. The largest absolute Gasteiger partial charge is 0.508 e. The van der Waals surface area contributed by atoms with E-state index in [1.165, 1.54) is 11.3 Å². The highest BCUT2D eigenvalue weighted by atomic mass is 32.1. The molecule has 0 saturated heterocycles. The first-order valence-electron chi connectivity index (χ1n) is 10.3. The molecule has 2 aromatic heterocycles. The van der Waals surface area contributed by atoms with Crippen LogP contribution in [0.4, 0.5) is 11.4 Å². The van der Waals surface area contributed by atoms with E-state index in [1.54, 1.807) is 24.1 Å². The van der Waals surface area contributed by atoms with Gasteiger partial charge in [-0.05, 0) is 55.3 Å². The Balaban J connectivity index is 1.72. The molecule has 1 aliphatic rings. The van der Waals surface area contributed by atoms with Crippen LogP contribution in [0.25, 0.3) is 10.2 Å². The molecule has 6 nitrogen and oxygen atoms in total. The van der Waals surface area contributed by atoms with Crippen molar-refractivity contribution in [3.63, 3.8) is 0 Å². The number of phenolic OH excluding ortho intramolecular Hbond substituents is 1. The molecule has 0 saturated carbocycles. The van der Waals surface area contributed by atoms with Crippen LogP contribution in [0, 0.1) is 13.8 Å². The SMILES string of the molecule is COCc1cc(C)nc2sc3c(c12)N[C@@H](c1ccc(O)cc1)N(c1ccc(C)cc1)C3=O. The number of phenols is 1. The predicted molar refractivity (Wildman–Crippen MR) is 128 cm³/mol. The quantitative estimate of drug-likeness (QED) is 0.432. The summed E-state index contributed by atoms with van der Waals surface area (Å²) in [5.74, 6) is 0.103. The molecule has 0 unspecified atom stereocenters. The van der Waals surface area contributed by atoms with Crippen molar-refractivity contribution in [1.29, 1.82) is 0 Å². The average Bonchev–Trinajstić information content (AvgIpc) is 3.14. The monoisotopic (exact) mass is 445 g/mol. The van der Waals surface area contributed by atoms with Crippen molar-refractivity contribution in [2.75, 3.05) is 17.3 Å². The molecule has 0 aliphatic carbocycles. The highest BCUT2D eigenvalue weighted by Gasteiger charge is 2.37. The molecule has 4 aromatic rings. The predicted octanol–water partition coefficient (Wildman–Crippen LogP) is 5.54. The van der Waals surface area contributed by atoms with Gasteiger partial charge in [0, 0.05) is 23.9 Å². The average molecular weight is 446 g/mol. The van der Waals surface area contributed by atoms with E-state index in [1.807, 2.05) is 56.3 Å². The lowest BCUT2D eigenvalue weighted by Crippen LogP contribution is -2.42. The van der Waals surface area contributed by atoms with Gasteiger partial charge in [-0.15, -0.1) is 11.3 Å². The normalized spacial score (nSPS) is 15.7. The number of aromatic hydroxyl groups is 1. The molecule has 2 N–H and O–H groups in total. The zero-order chi connectivity index (χ0) is 22.4. The fraction of sp³-hybridized carbons (Fsp3) is 0.200. The molecule has 0 bridgehead atoms. The summed E-state index contributed by atoms with van der Waals surface area (Å²) in [5, 5.41) is 14.3. The van der Waals surface area contributed by atoms with Crippen LogP contribution in [0.2, 0.25) is 0 Å². The van der Waals surface area contributed by atoms with Crippen LogP contribution < -0.4 is 10.2 Å². The summed E-state index contributed by atoms with van der Waals surface area (Å²) in [6.07, 6.45) is -0.437. The van der Waals surface area contributed by atoms with Gasteiger partial charge in [-0.25, -0.2) is 4.98 Å². The maximum absolute atomic E-state index is 13.9. The first-order chi connectivity index (χ1) is 15.5. The minimum atomic E-state index is -0.437. The Morgan fingerprint density at radius 2 is 1.84 bits per heavy atom. The van der Waals surface area contributed by atoms with E-state index in [4.69, 9.17) is 9.72 Å². The van der Waals surface area contributed by atoms with E-state index in [0.717, 1.165) is 44.0 Å². The van der Waals surface area contributed by atoms with Crippen LogP contribution >= 0.6 is 11.3 Å². The number of amides is 1. The number of ether oxygens (including phenoxy) is 1. The van der Waals surface area contributed by atoms with E-state index < -0.39 is 6.17 Å². The molecule has 0 radical (unpaired) electrons. The molecule has 1 amide bonds. The lowest BCUT2D eigenvalue weighted by Gasteiger charge is -2.37. The Morgan fingerprint density at radius 3 is 2.53 bits per heavy atom. The maximum Gasteiger partial charge on any atom is 0.272 e. The third kappa shape index (κ3) is 3.39. The second-order valence-corrected chi connectivity index (χ2v) is 8.99. The van der Waals surface area contributed by atoms with Gasteiger partial charge in [-0.2, -0.15) is 0 Å². The molecule has 0 fully saturated rings. The number of rotatable bonds is 4. The number of fused-ring (bicyclic) bond motifs is 3. The molecular formula is C25H23N3O3S. The minimum Gasteiger partial charge on any atom is -0.508 e. The first-order valence-corrected chi connectivity index (χ1v) is 11.2. The topological polar surface area (TPSA) is 74.7 Å². The Kier molecular flexibility index (Phi) is 5.07. The number of nitrogens with one attached hydrogen (secondary N) is 1. The Bertz CT molecular complexity index is 1310. The van der Waals surface area contributed by atoms with E-state index in [9.17, 15) is 9.90 Å². The molecule has 32 heavy (non-hydrogen) atoms. The van der Waals surface area contributed by atoms with Gasteiger partial charge in [-0.3, -0.25) is 9.69 Å². The number of hydrogen-bond donors (Lipinski definition) is 2. The standard InChI is InChI=1S/C25H23N3O3S/c1-14-4-8-18(9-5-14)28-23(16-6-10-19(29)11-7-16)27-21-20-17(13-31-3)12-15(2)26-24(20)32-22(21)25(28)30/h4-12,23,27,29H,13H2,1-3H3/t23-/m1/s1. The highest BCUT2D eigenvalue weighted by Crippen LogP contribution is 2.45. The van der Waals surface area contributed by atoms with Crippen molar-refractivity contribution >= 4 is 38.8 Å². The van der Waals surface area contributed by atoms with E-state index in [-0.39, 0.29) is 11.7 Å². The Morgan fingerprint density at radius 1 is 1.12 bits per heavy atom. The van der Waals surface area contributed by atoms with Gasteiger partial charge in [0.15, 0.2) is 0 Å². The van der Waals surface area contributed by atoms with E-state index in [2.05, 4.69) is 5.32 Å². The second-order valence-electron chi connectivity index (χ2n) is 7.99. The van der Waals surface area contributed by atoms with Crippen molar-refractivity contribution in [2.24, 2.45) is 0 Å². The minimum absolute atomic E-state index is 0.0790. The number of methoxy groups -OCH3 is 1. The van der Waals surface area contributed by atoms with Crippen molar-refractivity contribution < 1.29 is 14.6 Å². The van der Waals surface area contributed by atoms with Gasteiger partial charge in [0.2, 0.25) is 0 Å². The lowest BCUT2D eigenvalue weighted by atomic mass is 10.0. The number of carbonyl (C=O) groups excluding carboxylic acids is 1. The van der Waals surface area contributed by atoms with Crippen molar-refractivity contribution in [3.05, 3.63) is 81.9 Å². The van der Waals surface area contributed by atoms with Crippen LogP contribution in [0.15, 0.2) is 54.6 Å².